The number of carbonyl (C=O) groups is 4. The first-order chi connectivity index (χ1) is 30.6. The molecule has 6 N–H and O–H groups in total. The largest absolute Gasteiger partial charge is 0.469 e. The molecule has 0 fully saturated rings. The van der Waals surface area contributed by atoms with Crippen molar-refractivity contribution < 1.29 is 70.9 Å². The summed E-state index contributed by atoms with van der Waals surface area (Å²) < 4.78 is 56.7. The molecule has 4 aromatic carbocycles. The molecule has 0 bridgehead atoms. The fourth-order valence-electron chi connectivity index (χ4n) is 6.73. The molecule has 1 atom stereocenters. The summed E-state index contributed by atoms with van der Waals surface area (Å²) in [5.74, 6) is -1.89. The van der Waals surface area contributed by atoms with Crippen LogP contribution in [0.3, 0.4) is 0 Å². The molecule has 24 heteroatoms. The minimum Gasteiger partial charge on any atom is -0.459 e. The van der Waals surface area contributed by atoms with Crippen LogP contribution in [0.5, 0.6) is 0 Å². The topological polar surface area (TPSA) is 266 Å². The van der Waals surface area contributed by atoms with Crippen LogP contribution < -0.4 is 21.0 Å². The number of phosphoric acid groups is 1. The van der Waals surface area contributed by atoms with Crippen LogP contribution >= 0.6 is 41.0 Å². The van der Waals surface area contributed by atoms with Crippen LogP contribution in [0, 0.1) is 0 Å². The van der Waals surface area contributed by atoms with Crippen LogP contribution in [-0.2, 0) is 47.7 Å². The van der Waals surface area contributed by atoms with Gasteiger partial charge in [-0.1, -0.05) is 88.3 Å². The molecule has 0 radical (unpaired) electrons. The Morgan fingerprint density at radius 3 is 2.23 bits per heavy atom. The molecule has 340 valence electrons. The maximum absolute atomic E-state index is 13.3. The van der Waals surface area contributed by atoms with Crippen molar-refractivity contribution in [1.29, 1.82) is 0 Å². The number of rotatable bonds is 22. The zero-order valence-corrected chi connectivity index (χ0v) is 37.4. The van der Waals surface area contributed by atoms with E-state index in [-0.39, 0.29) is 60.9 Å². The molecule has 64 heavy (non-hydrogen) atoms. The zero-order valence-electron chi connectivity index (χ0n) is 33.3. The summed E-state index contributed by atoms with van der Waals surface area (Å²) >= 11 is 6.01. The average Bonchev–Trinajstić information content (AvgIpc) is 3.73. The molecule has 2 aliphatic rings. The highest BCUT2D eigenvalue weighted by molar-refractivity contribution is 8.76. The van der Waals surface area contributed by atoms with Crippen molar-refractivity contribution in [2.75, 3.05) is 62.3 Å². The number of nitrogens with one attached hydrogen (secondary N) is 3. The zero-order chi connectivity index (χ0) is 45.9. The molecule has 6 rings (SSSR count). The van der Waals surface area contributed by atoms with Crippen molar-refractivity contribution >= 4 is 91.1 Å². The molecule has 1 unspecified atom stereocenters. The number of esters is 1. The number of carbonyl (C=O) groups excluding carboxylic acids is 4. The van der Waals surface area contributed by atoms with E-state index in [1.54, 1.807) is 24.3 Å². The van der Waals surface area contributed by atoms with Crippen molar-refractivity contribution in [3.05, 3.63) is 113 Å². The second kappa shape index (κ2) is 22.3. The van der Waals surface area contributed by atoms with E-state index >= 15 is 0 Å². The Hall–Kier alpha value is -4.97. The third-order valence-electron chi connectivity index (χ3n) is 9.53. The van der Waals surface area contributed by atoms with Crippen LogP contribution in [0.2, 0.25) is 0 Å². The van der Waals surface area contributed by atoms with Gasteiger partial charge in [-0.2, -0.15) is 0 Å². The number of anilines is 2. The maximum atomic E-state index is 13.3. The van der Waals surface area contributed by atoms with Crippen molar-refractivity contribution in [2.24, 2.45) is 0 Å². The predicted octanol–water partition coefficient (Wildman–Crippen LogP) is 5.93. The van der Waals surface area contributed by atoms with Gasteiger partial charge in [-0.25, -0.2) is 33.3 Å². The standard InChI is InChI=1S/C40H40ClN4O15PS3/c41-39(48)45(16-18-56-22-37(46)57-20-25-24-64(54,55)36-12-6-5-7-27(25)36)34-19-26(44-60-50)13-14-35(34)63-62-23-33(38(47)42-15-17-59-61(51,52)53)43-40(49)58-21-32-30-10-3-1-8-28(30)29-9-2-4-11-31(29)32/h1-14,19,24,32-33,44,50H,15-18,20-23H2,(H,42,47)(H,43,49)(H2,51,52,53). The Bertz CT molecular complexity index is 2520. The van der Waals surface area contributed by atoms with Gasteiger partial charge >= 0.3 is 25.3 Å². The van der Waals surface area contributed by atoms with Crippen LogP contribution in [0.15, 0.2) is 106 Å². The van der Waals surface area contributed by atoms with Crippen LogP contribution in [0.25, 0.3) is 16.7 Å². The van der Waals surface area contributed by atoms with Gasteiger partial charge in [0.15, 0.2) is 0 Å². The van der Waals surface area contributed by atoms with E-state index in [9.17, 15) is 32.2 Å². The summed E-state index contributed by atoms with van der Waals surface area (Å²) in [6.07, 6.45) is -0.907. The number of nitrogens with zero attached hydrogens (tertiary/aromatic N) is 1. The molecular weight excluding hydrogens is 939 g/mol. The van der Waals surface area contributed by atoms with Crippen molar-refractivity contribution in [3.63, 3.8) is 0 Å². The van der Waals surface area contributed by atoms with Crippen LogP contribution in [0.1, 0.15) is 22.6 Å². The number of ether oxygens (including phenoxy) is 3. The first-order valence-electron chi connectivity index (χ1n) is 19.0. The van der Waals surface area contributed by atoms with Crippen molar-refractivity contribution in [2.45, 2.75) is 21.8 Å². The van der Waals surface area contributed by atoms with Crippen molar-refractivity contribution in [3.8, 4) is 11.1 Å². The molecular formula is C40H40ClN4O15PS3. The van der Waals surface area contributed by atoms with Crippen LogP contribution in [-0.4, -0.2) is 105 Å². The second-order valence-electron chi connectivity index (χ2n) is 13.7. The van der Waals surface area contributed by atoms with Gasteiger partial charge in [-0.05, 0) is 58.1 Å². The predicted molar refractivity (Wildman–Crippen MR) is 237 cm³/mol. The average molecular weight is 979 g/mol. The number of amides is 3. The number of benzene rings is 4. The molecule has 0 saturated heterocycles. The number of alkyl carbamates (subject to hydrolysis) is 1. The third-order valence-corrected chi connectivity index (χ3v) is 14.2. The van der Waals surface area contributed by atoms with Gasteiger partial charge in [0, 0.05) is 39.7 Å². The molecule has 0 saturated carbocycles. The minimum atomic E-state index is -4.81. The van der Waals surface area contributed by atoms with Gasteiger partial charge in [0.25, 0.3) is 0 Å². The smallest absolute Gasteiger partial charge is 0.459 e. The second-order valence-corrected chi connectivity index (χ2v) is 19.4. The van der Waals surface area contributed by atoms with E-state index in [2.05, 4.69) is 25.6 Å². The summed E-state index contributed by atoms with van der Waals surface area (Å²) in [5, 5.41) is 14.1. The Labute approximate surface area is 379 Å². The third kappa shape index (κ3) is 12.9. The van der Waals surface area contributed by atoms with Gasteiger partial charge in [0.05, 0.1) is 36.0 Å². The Kier molecular flexibility index (Phi) is 16.9. The number of hydrogen-bond acceptors (Lipinski definition) is 16. The van der Waals surface area contributed by atoms with Gasteiger partial charge in [0.2, 0.25) is 15.7 Å². The first kappa shape index (κ1) is 48.5. The Morgan fingerprint density at radius 1 is 0.891 bits per heavy atom. The van der Waals surface area contributed by atoms with Gasteiger partial charge in [0.1, 0.15) is 25.9 Å². The molecule has 3 amide bonds. The highest BCUT2D eigenvalue weighted by Crippen LogP contribution is 2.45. The number of halogens is 1. The van der Waals surface area contributed by atoms with E-state index in [0.717, 1.165) is 54.1 Å². The van der Waals surface area contributed by atoms with E-state index < -0.39 is 60.3 Å². The monoisotopic (exact) mass is 978 g/mol. The summed E-state index contributed by atoms with van der Waals surface area (Å²) in [7, 11) is -6.32. The van der Waals surface area contributed by atoms with Gasteiger partial charge in [-0.3, -0.25) is 19.0 Å². The van der Waals surface area contributed by atoms with Gasteiger partial charge in [-0.15, -0.1) is 4.99 Å². The number of hydrogen-bond donors (Lipinski definition) is 6. The fraction of sp³-hybridized carbons (Fsp3) is 0.250. The molecule has 0 aromatic heterocycles. The van der Waals surface area contributed by atoms with E-state index in [0.29, 0.717) is 16.0 Å². The highest BCUT2D eigenvalue weighted by Gasteiger charge is 2.31. The van der Waals surface area contributed by atoms with Crippen molar-refractivity contribution in [1.82, 2.24) is 10.6 Å². The summed E-state index contributed by atoms with van der Waals surface area (Å²) in [5.41, 5.74) is 7.34. The fourth-order valence-corrected chi connectivity index (χ4v) is 11.1. The quantitative estimate of drug-likeness (QED) is 0.00779. The summed E-state index contributed by atoms with van der Waals surface area (Å²) in [4.78, 5) is 75.6. The number of sulfone groups is 1. The summed E-state index contributed by atoms with van der Waals surface area (Å²) in [6.45, 7) is -2.15. The lowest BCUT2D eigenvalue weighted by Crippen LogP contribution is -2.49. The van der Waals surface area contributed by atoms with Gasteiger partial charge < -0.3 is 34.6 Å². The molecule has 19 nitrogen and oxygen atoms in total. The molecule has 1 aliphatic heterocycles. The molecule has 0 spiro atoms. The Balaban J connectivity index is 1.07. The lowest BCUT2D eigenvalue weighted by atomic mass is 9.98. The minimum absolute atomic E-state index is 0.0412. The number of phosphoric ester groups is 1. The van der Waals surface area contributed by atoms with E-state index in [1.165, 1.54) is 18.2 Å². The maximum Gasteiger partial charge on any atom is 0.469 e. The molecule has 4 aromatic rings. The highest BCUT2D eigenvalue weighted by atomic mass is 35.5. The Morgan fingerprint density at radius 2 is 1.56 bits per heavy atom. The molecule has 1 aliphatic carbocycles. The van der Waals surface area contributed by atoms with E-state index in [1.807, 2.05) is 48.5 Å². The lowest BCUT2D eigenvalue weighted by Gasteiger charge is -2.23. The summed E-state index contributed by atoms with van der Waals surface area (Å²) in [6, 6.07) is 25.0. The van der Waals surface area contributed by atoms with E-state index in [4.69, 9.17) is 40.9 Å². The first-order valence-corrected chi connectivity index (χ1v) is 24.8. The van der Waals surface area contributed by atoms with Crippen LogP contribution in [0.4, 0.5) is 21.0 Å². The number of fused-ring (bicyclic) bond motifs is 4. The SMILES string of the molecule is O=C(COCCN(C(=O)Cl)c1cc(NOO)ccc1SSCC(NC(=O)OCC1c2ccccc2-c2ccccc21)C(=O)NCCOP(=O)(O)O)OCC1=CS(=O)(=O)c2ccccc21. The normalized spacial score (nSPS) is 14.0. The molecule has 1 heterocycles. The lowest BCUT2D eigenvalue weighted by molar-refractivity contribution is -0.215.